The molecule has 3 heteroatoms. The normalized spacial score (nSPS) is 12.2. The highest BCUT2D eigenvalue weighted by molar-refractivity contribution is 5.84. The third kappa shape index (κ3) is 3.87. The number of carbonyl (C=O) groups is 1. The number of hydrogen-bond donors (Lipinski definition) is 1. The molecule has 0 saturated carbocycles. The first-order valence-electron chi connectivity index (χ1n) is 8.85. The minimum atomic E-state index is -0.286. The highest BCUT2D eigenvalue weighted by Gasteiger charge is 2.11. The maximum atomic E-state index is 11.2. The van der Waals surface area contributed by atoms with Crippen LogP contribution in [-0.4, -0.2) is 10.9 Å². The van der Waals surface area contributed by atoms with Gasteiger partial charge in [-0.05, 0) is 42.0 Å². The molecule has 1 amide bonds. The minimum Gasteiger partial charge on any atom is -0.370 e. The van der Waals surface area contributed by atoms with Crippen molar-refractivity contribution in [3.8, 4) is 11.3 Å². The van der Waals surface area contributed by atoms with E-state index in [9.17, 15) is 4.79 Å². The number of aryl methyl sites for hydroxylation is 1. The second kappa shape index (κ2) is 7.47. The van der Waals surface area contributed by atoms with Gasteiger partial charge in [0.25, 0.3) is 0 Å². The van der Waals surface area contributed by atoms with Gasteiger partial charge >= 0.3 is 0 Å². The number of hydrogen-bond acceptors (Lipinski definition) is 2. The van der Waals surface area contributed by atoms with Crippen LogP contribution in [0.4, 0.5) is 0 Å². The van der Waals surface area contributed by atoms with Gasteiger partial charge in [-0.2, -0.15) is 0 Å². The number of carbonyl (C=O) groups excluding carboxylic acids is 1. The van der Waals surface area contributed by atoms with Gasteiger partial charge in [0.05, 0.1) is 11.2 Å². The summed E-state index contributed by atoms with van der Waals surface area (Å²) < 4.78 is 0. The zero-order valence-electron chi connectivity index (χ0n) is 14.8. The van der Waals surface area contributed by atoms with E-state index in [2.05, 4.69) is 44.2 Å². The molecule has 128 valence electrons. The number of primary amides is 1. The van der Waals surface area contributed by atoms with Crippen LogP contribution >= 0.6 is 0 Å². The zero-order valence-corrected chi connectivity index (χ0v) is 14.8. The molecule has 0 aliphatic rings. The average molecular weight is 332 g/mol. The van der Waals surface area contributed by atoms with Crippen molar-refractivity contribution < 1.29 is 4.79 Å². The lowest BCUT2D eigenvalue weighted by molar-refractivity contribution is -0.117. The lowest BCUT2D eigenvalue weighted by Gasteiger charge is -2.13. The van der Waals surface area contributed by atoms with Gasteiger partial charge in [-0.1, -0.05) is 56.3 Å². The van der Waals surface area contributed by atoms with Crippen LogP contribution < -0.4 is 5.73 Å². The van der Waals surface area contributed by atoms with E-state index in [1.807, 2.05) is 24.3 Å². The molecule has 2 N–H and O–H groups in total. The molecule has 3 rings (SSSR count). The Hall–Kier alpha value is -2.68. The third-order valence-electron chi connectivity index (χ3n) is 4.81. The molecule has 3 nitrogen and oxygen atoms in total. The Balaban J connectivity index is 2.05. The number of rotatable bonds is 6. The highest BCUT2D eigenvalue weighted by Crippen LogP contribution is 2.28. The molecular formula is C22H24N2O. The first-order valence-corrected chi connectivity index (χ1v) is 8.85. The molecule has 1 aromatic heterocycles. The van der Waals surface area contributed by atoms with Crippen molar-refractivity contribution in [2.45, 2.75) is 39.0 Å². The second-order valence-electron chi connectivity index (χ2n) is 6.59. The van der Waals surface area contributed by atoms with Gasteiger partial charge in [-0.25, -0.2) is 4.98 Å². The number of nitrogens with two attached hydrogens (primary N) is 1. The van der Waals surface area contributed by atoms with Crippen LogP contribution in [0.2, 0.25) is 0 Å². The number of amides is 1. The van der Waals surface area contributed by atoms with E-state index in [-0.39, 0.29) is 5.91 Å². The topological polar surface area (TPSA) is 56.0 Å². The van der Waals surface area contributed by atoms with Crippen LogP contribution in [0, 0.1) is 0 Å². The number of benzene rings is 2. The molecule has 0 saturated heterocycles. The molecular weight excluding hydrogens is 308 g/mol. The van der Waals surface area contributed by atoms with Gasteiger partial charge in [-0.15, -0.1) is 0 Å². The Kier molecular flexibility index (Phi) is 5.13. The maximum absolute atomic E-state index is 11.2. The minimum absolute atomic E-state index is 0.286. The molecule has 0 spiro atoms. The molecule has 0 radical (unpaired) electrons. The lowest BCUT2D eigenvalue weighted by atomic mass is 9.95. The van der Waals surface area contributed by atoms with E-state index in [4.69, 9.17) is 10.7 Å². The van der Waals surface area contributed by atoms with E-state index < -0.39 is 0 Å². The Bertz CT molecular complexity index is 884. The van der Waals surface area contributed by atoms with Crippen molar-refractivity contribution in [3.05, 3.63) is 65.7 Å². The Labute approximate surface area is 148 Å². The number of aromatic nitrogens is 1. The fourth-order valence-corrected chi connectivity index (χ4v) is 3.06. The fraction of sp³-hybridized carbons (Fsp3) is 0.273. The Morgan fingerprint density at radius 3 is 2.52 bits per heavy atom. The van der Waals surface area contributed by atoms with Crippen molar-refractivity contribution in [2.24, 2.45) is 5.73 Å². The smallest absolute Gasteiger partial charge is 0.217 e. The highest BCUT2D eigenvalue weighted by atomic mass is 16.1. The lowest BCUT2D eigenvalue weighted by Crippen LogP contribution is -2.11. The van der Waals surface area contributed by atoms with Crippen LogP contribution in [0.25, 0.3) is 22.2 Å². The van der Waals surface area contributed by atoms with Crippen molar-refractivity contribution >= 4 is 16.8 Å². The van der Waals surface area contributed by atoms with Crippen molar-refractivity contribution in [1.29, 1.82) is 0 Å². The number of pyridine rings is 1. The zero-order chi connectivity index (χ0) is 17.8. The van der Waals surface area contributed by atoms with Gasteiger partial charge in [0.1, 0.15) is 0 Å². The van der Waals surface area contributed by atoms with Crippen molar-refractivity contribution in [1.82, 2.24) is 4.98 Å². The predicted molar refractivity (Wildman–Crippen MR) is 103 cm³/mol. The largest absolute Gasteiger partial charge is 0.370 e. The van der Waals surface area contributed by atoms with Crippen molar-refractivity contribution in [3.63, 3.8) is 0 Å². The summed E-state index contributed by atoms with van der Waals surface area (Å²) in [5.74, 6) is 0.263. The molecule has 0 aliphatic carbocycles. The predicted octanol–water partition coefficient (Wildman–Crippen LogP) is 4.83. The molecule has 2 aromatic carbocycles. The summed E-state index contributed by atoms with van der Waals surface area (Å²) >= 11 is 0. The molecule has 0 bridgehead atoms. The first kappa shape index (κ1) is 17.2. The summed E-state index contributed by atoms with van der Waals surface area (Å²) in [5, 5.41) is 1.09. The van der Waals surface area contributed by atoms with Crippen molar-refractivity contribution in [2.75, 3.05) is 0 Å². The van der Waals surface area contributed by atoms with Gasteiger partial charge in [0, 0.05) is 17.4 Å². The molecule has 1 atom stereocenters. The number of para-hydroxylation sites is 1. The first-order chi connectivity index (χ1) is 12.1. The average Bonchev–Trinajstić information content (AvgIpc) is 2.65. The fourth-order valence-electron chi connectivity index (χ4n) is 3.06. The molecule has 25 heavy (non-hydrogen) atoms. The van der Waals surface area contributed by atoms with Crippen LogP contribution in [0.5, 0.6) is 0 Å². The third-order valence-corrected chi connectivity index (χ3v) is 4.81. The monoisotopic (exact) mass is 332 g/mol. The number of fused-ring (bicyclic) bond motifs is 1. The Morgan fingerprint density at radius 2 is 1.84 bits per heavy atom. The molecule has 0 fully saturated rings. The van der Waals surface area contributed by atoms with E-state index >= 15 is 0 Å². The van der Waals surface area contributed by atoms with Gasteiger partial charge in [-0.3, -0.25) is 4.79 Å². The summed E-state index contributed by atoms with van der Waals surface area (Å²) in [7, 11) is 0. The Morgan fingerprint density at radius 1 is 1.12 bits per heavy atom. The van der Waals surface area contributed by atoms with Gasteiger partial charge < -0.3 is 5.73 Å². The second-order valence-corrected chi connectivity index (χ2v) is 6.59. The number of nitrogens with zero attached hydrogens (tertiary/aromatic N) is 1. The quantitative estimate of drug-likeness (QED) is 0.702. The van der Waals surface area contributed by atoms with E-state index in [0.29, 0.717) is 18.8 Å². The van der Waals surface area contributed by atoms with Gasteiger partial charge in [0.2, 0.25) is 5.91 Å². The summed E-state index contributed by atoms with van der Waals surface area (Å²) in [6, 6.07) is 18.8. The maximum Gasteiger partial charge on any atom is 0.217 e. The molecule has 1 heterocycles. The van der Waals surface area contributed by atoms with Crippen LogP contribution in [-0.2, 0) is 11.2 Å². The standard InChI is InChI=1S/C22H24N2O/c1-3-15(2)16-8-10-17(11-9-16)22-19(12-13-21(23)25)14-18-6-4-5-7-20(18)24-22/h4-11,14-15H,3,12-13H2,1-2H3,(H2,23,25). The van der Waals surface area contributed by atoms with Crippen LogP contribution in [0.3, 0.4) is 0 Å². The van der Waals surface area contributed by atoms with Gasteiger partial charge in [0.15, 0.2) is 0 Å². The van der Waals surface area contributed by atoms with Crippen LogP contribution in [0.1, 0.15) is 43.7 Å². The summed E-state index contributed by atoms with van der Waals surface area (Å²) in [4.78, 5) is 16.1. The van der Waals surface area contributed by atoms with E-state index in [1.54, 1.807) is 0 Å². The SMILES string of the molecule is CCC(C)c1ccc(-c2nc3ccccc3cc2CCC(N)=O)cc1. The summed E-state index contributed by atoms with van der Waals surface area (Å²) in [6.45, 7) is 4.44. The summed E-state index contributed by atoms with van der Waals surface area (Å²) in [6.07, 6.45) is 2.06. The molecule has 3 aromatic rings. The van der Waals surface area contributed by atoms with E-state index in [0.717, 1.165) is 34.1 Å². The van der Waals surface area contributed by atoms with Crippen LogP contribution in [0.15, 0.2) is 54.6 Å². The molecule has 1 unspecified atom stereocenters. The summed E-state index contributed by atoms with van der Waals surface area (Å²) in [5.41, 5.74) is 10.7. The van der Waals surface area contributed by atoms with E-state index in [1.165, 1.54) is 5.56 Å². The molecule has 0 aliphatic heterocycles.